The van der Waals surface area contributed by atoms with Crippen molar-refractivity contribution in [1.82, 2.24) is 14.8 Å². The van der Waals surface area contributed by atoms with Gasteiger partial charge in [-0.15, -0.1) is 10.2 Å². The lowest BCUT2D eigenvalue weighted by atomic mass is 10.2. The number of nitrogens with zero attached hydrogens (tertiary/aromatic N) is 3. The molecule has 1 heterocycles. The Morgan fingerprint density at radius 3 is 2.44 bits per heavy atom. The maximum atomic E-state index is 12.6. The van der Waals surface area contributed by atoms with E-state index in [1.54, 1.807) is 0 Å². The molecule has 7 nitrogen and oxygen atoms in total. The molecule has 0 bridgehead atoms. The number of hydrogen-bond acceptors (Lipinski definition) is 6. The highest BCUT2D eigenvalue weighted by Gasteiger charge is 2.20. The third kappa shape index (κ3) is 6.03. The van der Waals surface area contributed by atoms with Gasteiger partial charge in [0.15, 0.2) is 22.5 Å². The van der Waals surface area contributed by atoms with Gasteiger partial charge in [0, 0.05) is 12.2 Å². The van der Waals surface area contributed by atoms with Crippen molar-refractivity contribution in [2.45, 2.75) is 58.2 Å². The first-order chi connectivity index (χ1) is 15.4. The zero-order valence-corrected chi connectivity index (χ0v) is 20.0. The lowest BCUT2D eigenvalue weighted by Crippen LogP contribution is -2.23. The van der Waals surface area contributed by atoms with Crippen molar-refractivity contribution in [2.75, 3.05) is 11.9 Å². The highest BCUT2D eigenvalue weighted by molar-refractivity contribution is 8.00. The van der Waals surface area contributed by atoms with E-state index in [0.29, 0.717) is 35.6 Å². The lowest BCUT2D eigenvalue weighted by molar-refractivity contribution is -0.115. The molecule has 1 amide bonds. The number of nitrogens with one attached hydrogen (secondary N) is 1. The van der Waals surface area contributed by atoms with Gasteiger partial charge in [0.05, 0.1) is 11.9 Å². The zero-order valence-electron chi connectivity index (χ0n) is 19.2. The standard InChI is InChI=1S/C24H30N4O3S/c1-6-28-22(15-31-20-13-10-17(4)14-21(20)30-7-2)26-27-24(28)32-18(5)23(29)25-19-11-8-16(3)9-12-19/h8-14,18H,6-7,15H2,1-5H3,(H,25,29). The van der Waals surface area contributed by atoms with Crippen molar-refractivity contribution >= 4 is 23.4 Å². The highest BCUT2D eigenvalue weighted by atomic mass is 32.2. The maximum absolute atomic E-state index is 12.6. The summed E-state index contributed by atoms with van der Waals surface area (Å²) in [6, 6.07) is 13.6. The van der Waals surface area contributed by atoms with Crippen LogP contribution in [-0.2, 0) is 17.9 Å². The van der Waals surface area contributed by atoms with E-state index in [4.69, 9.17) is 9.47 Å². The Labute approximate surface area is 193 Å². The minimum absolute atomic E-state index is 0.0803. The van der Waals surface area contributed by atoms with Crippen molar-refractivity contribution < 1.29 is 14.3 Å². The van der Waals surface area contributed by atoms with Crippen LogP contribution in [0.5, 0.6) is 11.5 Å². The minimum Gasteiger partial charge on any atom is -0.490 e. The fourth-order valence-corrected chi connectivity index (χ4v) is 4.00. The number of aryl methyl sites for hydroxylation is 2. The van der Waals surface area contributed by atoms with Gasteiger partial charge >= 0.3 is 0 Å². The van der Waals surface area contributed by atoms with Gasteiger partial charge in [-0.2, -0.15) is 0 Å². The molecule has 0 spiro atoms. The second kappa shape index (κ2) is 11.0. The van der Waals surface area contributed by atoms with Crippen molar-refractivity contribution in [2.24, 2.45) is 0 Å². The van der Waals surface area contributed by atoms with E-state index in [0.717, 1.165) is 16.8 Å². The van der Waals surface area contributed by atoms with Gasteiger partial charge in [0.1, 0.15) is 6.61 Å². The molecule has 3 rings (SSSR count). The van der Waals surface area contributed by atoms with Crippen molar-refractivity contribution in [3.05, 3.63) is 59.4 Å². The SMILES string of the molecule is CCOc1cc(C)ccc1OCc1nnc(SC(C)C(=O)Nc2ccc(C)cc2)n1CC. The fraction of sp³-hybridized carbons (Fsp3) is 0.375. The van der Waals surface area contributed by atoms with Gasteiger partial charge in [-0.25, -0.2) is 0 Å². The van der Waals surface area contributed by atoms with Gasteiger partial charge in [-0.3, -0.25) is 4.79 Å². The van der Waals surface area contributed by atoms with Crippen LogP contribution in [-0.4, -0.2) is 32.5 Å². The van der Waals surface area contributed by atoms with Crippen LogP contribution in [0.4, 0.5) is 5.69 Å². The number of thioether (sulfide) groups is 1. The minimum atomic E-state index is -0.332. The Hall–Kier alpha value is -3.00. The van der Waals surface area contributed by atoms with Crippen LogP contribution in [0, 0.1) is 13.8 Å². The quantitative estimate of drug-likeness (QED) is 0.434. The van der Waals surface area contributed by atoms with E-state index in [-0.39, 0.29) is 17.8 Å². The largest absolute Gasteiger partial charge is 0.490 e. The highest BCUT2D eigenvalue weighted by Crippen LogP contribution is 2.29. The third-order valence-electron chi connectivity index (χ3n) is 4.84. The van der Waals surface area contributed by atoms with Gasteiger partial charge in [-0.05, 0) is 64.4 Å². The van der Waals surface area contributed by atoms with Crippen molar-refractivity contribution in [3.63, 3.8) is 0 Å². The van der Waals surface area contributed by atoms with E-state index >= 15 is 0 Å². The molecule has 2 aromatic carbocycles. The normalized spacial score (nSPS) is 11.8. The molecule has 32 heavy (non-hydrogen) atoms. The lowest BCUT2D eigenvalue weighted by Gasteiger charge is -2.14. The van der Waals surface area contributed by atoms with Crippen LogP contribution in [0.25, 0.3) is 0 Å². The Morgan fingerprint density at radius 2 is 1.75 bits per heavy atom. The summed E-state index contributed by atoms with van der Waals surface area (Å²) in [5, 5.41) is 11.9. The van der Waals surface area contributed by atoms with E-state index in [1.807, 2.05) is 81.7 Å². The number of hydrogen-bond donors (Lipinski definition) is 1. The molecule has 0 radical (unpaired) electrons. The first-order valence-corrected chi connectivity index (χ1v) is 11.6. The molecular formula is C24H30N4O3S. The molecule has 1 aromatic heterocycles. The Balaban J connectivity index is 1.65. The summed E-state index contributed by atoms with van der Waals surface area (Å²) in [4.78, 5) is 12.6. The molecule has 0 aliphatic carbocycles. The molecule has 170 valence electrons. The molecule has 0 saturated carbocycles. The number of rotatable bonds is 10. The van der Waals surface area contributed by atoms with Crippen LogP contribution < -0.4 is 14.8 Å². The first-order valence-electron chi connectivity index (χ1n) is 10.7. The smallest absolute Gasteiger partial charge is 0.237 e. The molecular weight excluding hydrogens is 424 g/mol. The number of carbonyl (C=O) groups excluding carboxylic acids is 1. The van der Waals surface area contributed by atoms with Crippen LogP contribution >= 0.6 is 11.8 Å². The maximum Gasteiger partial charge on any atom is 0.237 e. The van der Waals surface area contributed by atoms with Gasteiger partial charge in [0.25, 0.3) is 0 Å². The van der Waals surface area contributed by atoms with Crippen LogP contribution in [0.15, 0.2) is 47.6 Å². The van der Waals surface area contributed by atoms with Crippen LogP contribution in [0.1, 0.15) is 37.7 Å². The summed E-state index contributed by atoms with van der Waals surface area (Å²) in [7, 11) is 0. The summed E-state index contributed by atoms with van der Waals surface area (Å²) in [6.07, 6.45) is 0. The summed E-state index contributed by atoms with van der Waals surface area (Å²) in [6.45, 7) is 11.3. The first kappa shape index (κ1) is 23.7. The molecule has 1 unspecified atom stereocenters. The van der Waals surface area contributed by atoms with Gasteiger partial charge in [-0.1, -0.05) is 35.5 Å². The zero-order chi connectivity index (χ0) is 23.1. The second-order valence-electron chi connectivity index (χ2n) is 7.43. The summed E-state index contributed by atoms with van der Waals surface area (Å²) >= 11 is 1.38. The molecule has 0 saturated heterocycles. The van der Waals surface area contributed by atoms with E-state index in [2.05, 4.69) is 15.5 Å². The summed E-state index contributed by atoms with van der Waals surface area (Å²) < 4.78 is 13.6. The van der Waals surface area contributed by atoms with Gasteiger partial charge in [0.2, 0.25) is 5.91 Å². The van der Waals surface area contributed by atoms with Crippen molar-refractivity contribution in [3.8, 4) is 11.5 Å². The molecule has 0 aliphatic heterocycles. The van der Waals surface area contributed by atoms with E-state index < -0.39 is 0 Å². The second-order valence-corrected chi connectivity index (χ2v) is 8.74. The summed E-state index contributed by atoms with van der Waals surface area (Å²) in [5.74, 6) is 2.00. The van der Waals surface area contributed by atoms with E-state index in [9.17, 15) is 4.79 Å². The average Bonchev–Trinajstić information content (AvgIpc) is 3.16. The molecule has 1 N–H and O–H groups in total. The summed E-state index contributed by atoms with van der Waals surface area (Å²) in [5.41, 5.74) is 3.03. The molecule has 0 fully saturated rings. The number of ether oxygens (including phenoxy) is 2. The molecule has 0 aliphatic rings. The number of amides is 1. The number of aromatic nitrogens is 3. The number of benzene rings is 2. The van der Waals surface area contributed by atoms with Gasteiger partial charge < -0.3 is 19.4 Å². The average molecular weight is 455 g/mol. The third-order valence-corrected chi connectivity index (χ3v) is 5.92. The Morgan fingerprint density at radius 1 is 1.03 bits per heavy atom. The molecule has 1 atom stereocenters. The Bertz CT molecular complexity index is 1050. The molecule has 8 heteroatoms. The number of anilines is 1. The predicted molar refractivity (Wildman–Crippen MR) is 128 cm³/mol. The fourth-order valence-electron chi connectivity index (χ4n) is 3.07. The van der Waals surface area contributed by atoms with Crippen LogP contribution in [0.3, 0.4) is 0 Å². The predicted octanol–water partition coefficient (Wildman–Crippen LogP) is 5.01. The van der Waals surface area contributed by atoms with E-state index in [1.165, 1.54) is 11.8 Å². The topological polar surface area (TPSA) is 78.3 Å². The molecule has 3 aromatic rings. The number of carbonyl (C=O) groups is 1. The van der Waals surface area contributed by atoms with Crippen LogP contribution in [0.2, 0.25) is 0 Å². The Kier molecular flexibility index (Phi) is 8.16. The monoisotopic (exact) mass is 454 g/mol. The van der Waals surface area contributed by atoms with Crippen molar-refractivity contribution in [1.29, 1.82) is 0 Å².